The van der Waals surface area contributed by atoms with E-state index in [1.54, 1.807) is 0 Å². The summed E-state index contributed by atoms with van der Waals surface area (Å²) in [5, 5.41) is 9.23. The zero-order valence-electron chi connectivity index (χ0n) is 14.3. The van der Waals surface area contributed by atoms with Crippen molar-refractivity contribution in [1.82, 2.24) is 0 Å². The average Bonchev–Trinajstić information content (AvgIpc) is 2.74. The number of rotatable bonds is 2. The standard InChI is InChI=1S/C24H18N2/c1-3-10-18(11-4-1)22-23-20-14-8-7-9-17(20)15-16-21(23)25-26-24(22)19-12-5-2-6-13-19/h1-17,22H. The van der Waals surface area contributed by atoms with Gasteiger partial charge in [-0.05, 0) is 28.3 Å². The van der Waals surface area contributed by atoms with Crippen LogP contribution in [0.25, 0.3) is 0 Å². The minimum atomic E-state index is 0.0877. The molecule has 3 aliphatic rings. The molecule has 0 saturated heterocycles. The zero-order valence-corrected chi connectivity index (χ0v) is 14.3. The Bertz CT molecular complexity index is 1020. The predicted octanol–water partition coefficient (Wildman–Crippen LogP) is 5.24. The topological polar surface area (TPSA) is 24.7 Å². The first-order chi connectivity index (χ1) is 12.9. The van der Waals surface area contributed by atoms with Gasteiger partial charge in [0.1, 0.15) is 0 Å². The molecule has 1 heterocycles. The third kappa shape index (κ3) is 2.42. The fourth-order valence-electron chi connectivity index (χ4n) is 3.93. The molecular weight excluding hydrogens is 316 g/mol. The first-order valence-corrected chi connectivity index (χ1v) is 8.95. The van der Waals surface area contributed by atoms with Crippen molar-refractivity contribution in [3.05, 3.63) is 119 Å². The monoisotopic (exact) mass is 334 g/mol. The number of fused-ring (bicyclic) bond motifs is 2. The number of nitrogens with zero attached hydrogens (tertiary/aromatic N) is 2. The van der Waals surface area contributed by atoms with E-state index in [1.165, 1.54) is 16.7 Å². The first-order valence-electron chi connectivity index (χ1n) is 8.95. The number of hydrogen-bond acceptors (Lipinski definition) is 2. The minimum absolute atomic E-state index is 0.0877. The maximum Gasteiger partial charge on any atom is 0.0899 e. The van der Waals surface area contributed by atoms with Gasteiger partial charge in [-0.3, -0.25) is 0 Å². The van der Waals surface area contributed by atoms with Gasteiger partial charge in [0.15, 0.2) is 0 Å². The first kappa shape index (κ1) is 15.0. The Morgan fingerprint density at radius 3 is 2.27 bits per heavy atom. The van der Waals surface area contributed by atoms with Crippen LogP contribution < -0.4 is 0 Å². The van der Waals surface area contributed by atoms with Gasteiger partial charge in [0.05, 0.1) is 17.3 Å². The molecule has 0 bridgehead atoms. The van der Waals surface area contributed by atoms with E-state index in [2.05, 4.69) is 101 Å². The second kappa shape index (κ2) is 6.23. The highest BCUT2D eigenvalue weighted by atomic mass is 15.2. The van der Waals surface area contributed by atoms with Crippen molar-refractivity contribution in [2.24, 2.45) is 16.1 Å². The van der Waals surface area contributed by atoms with Gasteiger partial charge in [-0.1, -0.05) is 91.0 Å². The van der Waals surface area contributed by atoms with E-state index >= 15 is 0 Å². The molecule has 2 atom stereocenters. The summed E-state index contributed by atoms with van der Waals surface area (Å²) in [6.45, 7) is 0. The Balaban J connectivity index is 1.76. The summed E-state index contributed by atoms with van der Waals surface area (Å²) < 4.78 is 0. The van der Waals surface area contributed by atoms with Gasteiger partial charge in [-0.25, -0.2) is 0 Å². The van der Waals surface area contributed by atoms with Crippen molar-refractivity contribution in [2.75, 3.05) is 0 Å². The third-order valence-corrected chi connectivity index (χ3v) is 5.14. The van der Waals surface area contributed by atoms with Crippen LogP contribution >= 0.6 is 0 Å². The number of allylic oxidation sites excluding steroid dienone is 8. The van der Waals surface area contributed by atoms with Crippen LogP contribution in [0, 0.1) is 5.92 Å². The highest BCUT2D eigenvalue weighted by molar-refractivity contribution is 6.21. The van der Waals surface area contributed by atoms with Crippen LogP contribution in [0.1, 0.15) is 17.0 Å². The van der Waals surface area contributed by atoms with E-state index in [0.29, 0.717) is 5.92 Å². The minimum Gasteiger partial charge on any atom is -0.153 e. The van der Waals surface area contributed by atoms with E-state index in [9.17, 15) is 0 Å². The molecular formula is C24H18N2. The SMILES string of the molecule is C1=CC2=C3C(=NN=C(c4ccccc4)C3c3ccccc3)C=CC2C=C1. The second-order valence-electron chi connectivity index (χ2n) is 6.68. The van der Waals surface area contributed by atoms with Crippen LogP contribution in [0.15, 0.2) is 118 Å². The largest absolute Gasteiger partial charge is 0.153 e. The van der Waals surface area contributed by atoms with Crippen molar-refractivity contribution in [3.63, 3.8) is 0 Å². The van der Waals surface area contributed by atoms with Crippen molar-refractivity contribution in [1.29, 1.82) is 0 Å². The molecule has 0 radical (unpaired) electrons. The van der Waals surface area contributed by atoms with Crippen LogP contribution in [-0.4, -0.2) is 11.4 Å². The molecule has 2 aliphatic carbocycles. The lowest BCUT2D eigenvalue weighted by Gasteiger charge is -2.32. The third-order valence-electron chi connectivity index (χ3n) is 5.14. The van der Waals surface area contributed by atoms with Gasteiger partial charge in [0.2, 0.25) is 0 Å². The summed E-state index contributed by atoms with van der Waals surface area (Å²) >= 11 is 0. The van der Waals surface area contributed by atoms with Gasteiger partial charge in [0.25, 0.3) is 0 Å². The number of hydrogen-bond donors (Lipinski definition) is 0. The lowest BCUT2D eigenvalue weighted by molar-refractivity contribution is 0.918. The van der Waals surface area contributed by atoms with E-state index in [0.717, 1.165) is 17.0 Å². The van der Waals surface area contributed by atoms with E-state index in [1.807, 2.05) is 6.07 Å². The highest BCUT2D eigenvalue weighted by Crippen LogP contribution is 2.40. The fraction of sp³-hybridized carbons (Fsp3) is 0.0833. The molecule has 2 heteroatoms. The maximum absolute atomic E-state index is 4.66. The van der Waals surface area contributed by atoms with Crippen LogP contribution in [-0.2, 0) is 0 Å². The molecule has 2 unspecified atom stereocenters. The zero-order chi connectivity index (χ0) is 17.3. The normalized spacial score (nSPS) is 23.2. The molecule has 1 aliphatic heterocycles. The molecule has 2 nitrogen and oxygen atoms in total. The van der Waals surface area contributed by atoms with Crippen molar-refractivity contribution in [3.8, 4) is 0 Å². The van der Waals surface area contributed by atoms with Crippen LogP contribution in [0.4, 0.5) is 0 Å². The summed E-state index contributed by atoms with van der Waals surface area (Å²) in [5.74, 6) is 0.403. The quantitative estimate of drug-likeness (QED) is 0.718. The molecule has 0 amide bonds. The van der Waals surface area contributed by atoms with E-state index < -0.39 is 0 Å². The lowest BCUT2D eigenvalue weighted by Crippen LogP contribution is -2.28. The lowest BCUT2D eigenvalue weighted by atomic mass is 9.73. The molecule has 26 heavy (non-hydrogen) atoms. The average molecular weight is 334 g/mol. The van der Waals surface area contributed by atoms with Crippen LogP contribution in [0.3, 0.4) is 0 Å². The molecule has 2 aromatic carbocycles. The van der Waals surface area contributed by atoms with Gasteiger partial charge >= 0.3 is 0 Å². The molecule has 124 valence electrons. The Kier molecular flexibility index (Phi) is 3.60. The Hall–Kier alpha value is -3.26. The maximum atomic E-state index is 4.66. The Morgan fingerprint density at radius 2 is 1.46 bits per heavy atom. The molecule has 2 aromatic rings. The molecule has 0 N–H and O–H groups in total. The Labute approximate surface area is 153 Å². The predicted molar refractivity (Wildman–Crippen MR) is 108 cm³/mol. The molecule has 5 rings (SSSR count). The van der Waals surface area contributed by atoms with Crippen LogP contribution in [0.5, 0.6) is 0 Å². The molecule has 0 aromatic heterocycles. The van der Waals surface area contributed by atoms with E-state index in [-0.39, 0.29) is 5.92 Å². The summed E-state index contributed by atoms with van der Waals surface area (Å²) in [5.41, 5.74) is 6.97. The molecule has 0 saturated carbocycles. The summed E-state index contributed by atoms with van der Waals surface area (Å²) in [7, 11) is 0. The molecule has 0 fully saturated rings. The molecule has 0 spiro atoms. The summed E-state index contributed by atoms with van der Waals surface area (Å²) in [4.78, 5) is 0. The van der Waals surface area contributed by atoms with Gasteiger partial charge in [-0.2, -0.15) is 10.2 Å². The Morgan fingerprint density at radius 1 is 0.692 bits per heavy atom. The van der Waals surface area contributed by atoms with Gasteiger partial charge in [0, 0.05) is 5.92 Å². The fourth-order valence-corrected chi connectivity index (χ4v) is 3.93. The summed E-state index contributed by atoms with van der Waals surface area (Å²) in [6.07, 6.45) is 13.0. The van der Waals surface area contributed by atoms with Crippen molar-refractivity contribution < 1.29 is 0 Å². The smallest absolute Gasteiger partial charge is 0.0899 e. The van der Waals surface area contributed by atoms with Crippen LogP contribution in [0.2, 0.25) is 0 Å². The number of benzene rings is 2. The van der Waals surface area contributed by atoms with Crippen molar-refractivity contribution in [2.45, 2.75) is 5.92 Å². The van der Waals surface area contributed by atoms with Gasteiger partial charge < -0.3 is 0 Å². The second-order valence-corrected chi connectivity index (χ2v) is 6.68. The summed E-state index contributed by atoms with van der Waals surface area (Å²) in [6, 6.07) is 21.0. The highest BCUT2D eigenvalue weighted by Gasteiger charge is 2.34. The van der Waals surface area contributed by atoms with E-state index in [4.69, 9.17) is 0 Å². The van der Waals surface area contributed by atoms with Gasteiger partial charge in [-0.15, -0.1) is 0 Å². The van der Waals surface area contributed by atoms with Crippen molar-refractivity contribution >= 4 is 11.4 Å².